The molecule has 3 heteroatoms. The zero-order valence-corrected chi connectivity index (χ0v) is 13.5. The number of hydrogen-bond donors (Lipinski definition) is 0. The zero-order valence-electron chi connectivity index (χ0n) is 11.9. The van der Waals surface area contributed by atoms with Crippen molar-refractivity contribution in [2.75, 3.05) is 18.4 Å². The summed E-state index contributed by atoms with van der Waals surface area (Å²) in [5.74, 6) is 0.779. The van der Waals surface area contributed by atoms with E-state index in [-0.39, 0.29) is 11.3 Å². The molecule has 1 saturated heterocycles. The van der Waals surface area contributed by atoms with Crippen LogP contribution in [0, 0.1) is 5.92 Å². The van der Waals surface area contributed by atoms with Gasteiger partial charge in [-0.1, -0.05) is 48.8 Å². The summed E-state index contributed by atoms with van der Waals surface area (Å²) in [6.45, 7) is 8.32. The first-order valence-electron chi connectivity index (χ1n) is 6.87. The first kappa shape index (κ1) is 14.6. The number of carbonyl (C=O) groups excluding carboxylic acids is 1. The first-order chi connectivity index (χ1) is 8.91. The molecule has 2 nitrogen and oxygen atoms in total. The molecule has 104 valence electrons. The molecule has 0 saturated carbocycles. The fourth-order valence-electron chi connectivity index (χ4n) is 2.44. The maximum atomic E-state index is 12.4. The molecule has 1 aliphatic heterocycles. The van der Waals surface area contributed by atoms with Crippen LogP contribution in [0.5, 0.6) is 0 Å². The third-order valence-corrected chi connectivity index (χ3v) is 4.70. The monoisotopic (exact) mass is 323 g/mol. The Morgan fingerprint density at radius 2 is 1.95 bits per heavy atom. The van der Waals surface area contributed by atoms with Gasteiger partial charge in [-0.25, -0.2) is 0 Å². The number of rotatable bonds is 2. The molecule has 0 radical (unpaired) electrons. The third kappa shape index (κ3) is 3.38. The highest BCUT2D eigenvalue weighted by atomic mass is 79.9. The molecule has 1 aromatic carbocycles. The molecule has 1 fully saturated rings. The molecule has 1 aliphatic rings. The largest absolute Gasteiger partial charge is 0.338 e. The lowest BCUT2D eigenvalue weighted by molar-refractivity contribution is 0.0788. The Morgan fingerprint density at radius 3 is 2.42 bits per heavy atom. The normalized spacial score (nSPS) is 19.8. The summed E-state index contributed by atoms with van der Waals surface area (Å²) in [6, 6.07) is 8.07. The lowest BCUT2D eigenvalue weighted by Crippen LogP contribution is -2.29. The molecule has 1 atom stereocenters. The molecule has 1 heterocycles. The van der Waals surface area contributed by atoms with Crippen LogP contribution in [0.4, 0.5) is 0 Å². The van der Waals surface area contributed by atoms with Gasteiger partial charge in [-0.05, 0) is 35.4 Å². The van der Waals surface area contributed by atoms with Crippen LogP contribution in [0.1, 0.15) is 43.1 Å². The average molecular weight is 324 g/mol. The van der Waals surface area contributed by atoms with Crippen molar-refractivity contribution in [2.24, 2.45) is 5.92 Å². The highest BCUT2D eigenvalue weighted by molar-refractivity contribution is 9.09. The van der Waals surface area contributed by atoms with Crippen LogP contribution in [0.25, 0.3) is 0 Å². The Bertz CT molecular complexity index is 447. The van der Waals surface area contributed by atoms with Crippen molar-refractivity contribution in [3.05, 3.63) is 35.4 Å². The molecule has 1 unspecified atom stereocenters. The summed E-state index contributed by atoms with van der Waals surface area (Å²) < 4.78 is 0. The van der Waals surface area contributed by atoms with Crippen molar-refractivity contribution in [3.63, 3.8) is 0 Å². The average Bonchev–Trinajstić information content (AvgIpc) is 2.86. The quantitative estimate of drug-likeness (QED) is 0.757. The number of amides is 1. The van der Waals surface area contributed by atoms with Crippen molar-refractivity contribution in [2.45, 2.75) is 32.6 Å². The van der Waals surface area contributed by atoms with E-state index in [0.717, 1.165) is 30.4 Å². The molecule has 0 aliphatic carbocycles. The van der Waals surface area contributed by atoms with E-state index in [1.165, 1.54) is 5.56 Å². The number of benzene rings is 1. The Kier molecular flexibility index (Phi) is 4.34. The van der Waals surface area contributed by atoms with Gasteiger partial charge in [0.05, 0.1) is 0 Å². The molecule has 1 aromatic rings. The Balaban J connectivity index is 2.08. The highest BCUT2D eigenvalue weighted by Crippen LogP contribution is 2.24. The van der Waals surface area contributed by atoms with E-state index >= 15 is 0 Å². The van der Waals surface area contributed by atoms with E-state index in [1.807, 2.05) is 17.0 Å². The number of likely N-dealkylation sites (tertiary alicyclic amines) is 1. The van der Waals surface area contributed by atoms with E-state index in [0.29, 0.717) is 5.92 Å². The second-order valence-electron chi connectivity index (χ2n) is 6.39. The van der Waals surface area contributed by atoms with Crippen molar-refractivity contribution < 1.29 is 4.79 Å². The van der Waals surface area contributed by atoms with Crippen molar-refractivity contribution in [1.29, 1.82) is 0 Å². The second-order valence-corrected chi connectivity index (χ2v) is 7.04. The van der Waals surface area contributed by atoms with Gasteiger partial charge in [0.1, 0.15) is 0 Å². The Labute approximate surface area is 124 Å². The summed E-state index contributed by atoms with van der Waals surface area (Å²) in [5.41, 5.74) is 2.21. The van der Waals surface area contributed by atoms with Gasteiger partial charge in [-0.3, -0.25) is 4.79 Å². The molecule has 0 spiro atoms. The van der Waals surface area contributed by atoms with Crippen LogP contribution in [-0.2, 0) is 5.41 Å². The van der Waals surface area contributed by atoms with Crippen molar-refractivity contribution in [1.82, 2.24) is 4.90 Å². The van der Waals surface area contributed by atoms with Crippen LogP contribution < -0.4 is 0 Å². The van der Waals surface area contributed by atoms with Crippen molar-refractivity contribution >= 4 is 21.8 Å². The molecule has 1 amide bonds. The zero-order chi connectivity index (χ0) is 14.0. The molecular weight excluding hydrogens is 302 g/mol. The van der Waals surface area contributed by atoms with Crippen LogP contribution in [0.3, 0.4) is 0 Å². The number of carbonyl (C=O) groups is 1. The van der Waals surface area contributed by atoms with E-state index in [2.05, 4.69) is 48.8 Å². The number of alkyl halides is 1. The molecule has 0 aromatic heterocycles. The van der Waals surface area contributed by atoms with Gasteiger partial charge in [-0.2, -0.15) is 0 Å². The van der Waals surface area contributed by atoms with E-state index in [1.54, 1.807) is 0 Å². The molecule has 0 bridgehead atoms. The SMILES string of the molecule is CC(C)(C)c1ccc(C(=O)N2CCC(CBr)C2)cc1. The predicted molar refractivity (Wildman–Crippen MR) is 82.9 cm³/mol. The topological polar surface area (TPSA) is 20.3 Å². The minimum Gasteiger partial charge on any atom is -0.338 e. The smallest absolute Gasteiger partial charge is 0.253 e. The maximum absolute atomic E-state index is 12.4. The standard InChI is InChI=1S/C16H22BrNO/c1-16(2,3)14-6-4-13(5-7-14)15(19)18-9-8-12(10-17)11-18/h4-7,12H,8-11H2,1-3H3. The van der Waals surface area contributed by atoms with E-state index in [4.69, 9.17) is 0 Å². The molecule has 0 N–H and O–H groups in total. The maximum Gasteiger partial charge on any atom is 0.253 e. The van der Waals surface area contributed by atoms with Crippen LogP contribution in [-0.4, -0.2) is 29.2 Å². The van der Waals surface area contributed by atoms with Gasteiger partial charge in [0, 0.05) is 24.0 Å². The minimum atomic E-state index is 0.135. The summed E-state index contributed by atoms with van der Waals surface area (Å²) in [5, 5.41) is 0.986. The summed E-state index contributed by atoms with van der Waals surface area (Å²) >= 11 is 3.50. The third-order valence-electron chi connectivity index (χ3n) is 3.79. The summed E-state index contributed by atoms with van der Waals surface area (Å²) in [4.78, 5) is 14.4. The molecule has 2 rings (SSSR count). The highest BCUT2D eigenvalue weighted by Gasteiger charge is 2.26. The van der Waals surface area contributed by atoms with Gasteiger partial charge in [0.25, 0.3) is 5.91 Å². The van der Waals surface area contributed by atoms with Gasteiger partial charge >= 0.3 is 0 Å². The van der Waals surface area contributed by atoms with Gasteiger partial charge in [0.15, 0.2) is 0 Å². The number of hydrogen-bond acceptors (Lipinski definition) is 1. The number of halogens is 1. The molecule has 19 heavy (non-hydrogen) atoms. The minimum absolute atomic E-state index is 0.135. The number of nitrogens with zero attached hydrogens (tertiary/aromatic N) is 1. The van der Waals surface area contributed by atoms with Gasteiger partial charge in [-0.15, -0.1) is 0 Å². The van der Waals surface area contributed by atoms with Gasteiger partial charge in [0.2, 0.25) is 0 Å². The van der Waals surface area contributed by atoms with Crippen LogP contribution >= 0.6 is 15.9 Å². The summed E-state index contributed by atoms with van der Waals surface area (Å²) in [7, 11) is 0. The lowest BCUT2D eigenvalue weighted by Gasteiger charge is -2.20. The summed E-state index contributed by atoms with van der Waals surface area (Å²) in [6.07, 6.45) is 1.11. The Morgan fingerprint density at radius 1 is 1.32 bits per heavy atom. The second kappa shape index (κ2) is 5.66. The fraction of sp³-hybridized carbons (Fsp3) is 0.562. The van der Waals surface area contributed by atoms with Gasteiger partial charge < -0.3 is 4.90 Å². The molecular formula is C16H22BrNO. The van der Waals surface area contributed by atoms with Crippen molar-refractivity contribution in [3.8, 4) is 0 Å². The first-order valence-corrected chi connectivity index (χ1v) is 8.00. The van der Waals surface area contributed by atoms with E-state index in [9.17, 15) is 4.79 Å². The van der Waals surface area contributed by atoms with Crippen LogP contribution in [0.15, 0.2) is 24.3 Å². The van der Waals surface area contributed by atoms with Crippen LogP contribution in [0.2, 0.25) is 0 Å². The fourth-order valence-corrected chi connectivity index (χ4v) is 2.97. The van der Waals surface area contributed by atoms with E-state index < -0.39 is 0 Å². The Hall–Kier alpha value is -0.830. The predicted octanol–water partition coefficient (Wildman–Crippen LogP) is 3.84. The lowest BCUT2D eigenvalue weighted by atomic mass is 9.86.